The maximum absolute atomic E-state index is 14.1. The van der Waals surface area contributed by atoms with Crippen LogP contribution in [0.4, 0.5) is 14.7 Å². The molecule has 0 aliphatic heterocycles. The molecule has 0 atom stereocenters. The van der Waals surface area contributed by atoms with Crippen molar-refractivity contribution in [3.63, 3.8) is 0 Å². The Morgan fingerprint density at radius 2 is 2.08 bits per heavy atom. The highest BCUT2D eigenvalue weighted by Crippen LogP contribution is 2.19. The molecule has 0 amide bonds. The second-order valence-corrected chi connectivity index (χ2v) is 5.44. The Morgan fingerprint density at radius 1 is 1.24 bits per heavy atom. The van der Waals surface area contributed by atoms with Gasteiger partial charge in [0.2, 0.25) is 5.95 Å². The van der Waals surface area contributed by atoms with Crippen LogP contribution in [0.1, 0.15) is 16.8 Å². The van der Waals surface area contributed by atoms with Crippen molar-refractivity contribution in [3.8, 4) is 5.75 Å². The van der Waals surface area contributed by atoms with Gasteiger partial charge in [0.25, 0.3) is 0 Å². The first-order valence-electron chi connectivity index (χ1n) is 7.54. The Hall–Kier alpha value is -3.22. The lowest BCUT2D eigenvalue weighted by Gasteiger charge is -2.08. The molecule has 0 radical (unpaired) electrons. The normalized spacial score (nSPS) is 11.2. The second-order valence-electron chi connectivity index (χ2n) is 5.44. The number of anilines is 1. The van der Waals surface area contributed by atoms with Crippen LogP contribution in [0.15, 0.2) is 53.8 Å². The summed E-state index contributed by atoms with van der Waals surface area (Å²) >= 11 is 0. The molecule has 128 valence electrons. The quantitative estimate of drug-likeness (QED) is 0.722. The summed E-state index contributed by atoms with van der Waals surface area (Å²) in [5.74, 6) is -0.555. The molecule has 5 nitrogen and oxygen atoms in total. The van der Waals surface area contributed by atoms with Crippen LogP contribution in [0.2, 0.25) is 0 Å². The van der Waals surface area contributed by atoms with E-state index in [4.69, 9.17) is 10.5 Å². The zero-order valence-corrected chi connectivity index (χ0v) is 13.5. The zero-order valence-electron chi connectivity index (χ0n) is 13.5. The van der Waals surface area contributed by atoms with Crippen molar-refractivity contribution in [1.82, 2.24) is 9.66 Å². The first-order chi connectivity index (χ1) is 12.0. The highest BCUT2D eigenvalue weighted by atomic mass is 19.1. The van der Waals surface area contributed by atoms with Crippen molar-refractivity contribution in [3.05, 3.63) is 77.1 Å². The van der Waals surface area contributed by atoms with Crippen LogP contribution in [0, 0.1) is 18.6 Å². The van der Waals surface area contributed by atoms with Crippen molar-refractivity contribution < 1.29 is 13.5 Å². The molecule has 0 saturated heterocycles. The molecule has 0 spiro atoms. The zero-order chi connectivity index (χ0) is 17.8. The van der Waals surface area contributed by atoms with Crippen molar-refractivity contribution in [2.75, 3.05) is 5.73 Å². The molecule has 3 rings (SSSR count). The fourth-order valence-electron chi connectivity index (χ4n) is 2.23. The van der Waals surface area contributed by atoms with Crippen LogP contribution in [0.5, 0.6) is 5.75 Å². The fourth-order valence-corrected chi connectivity index (χ4v) is 2.23. The minimum Gasteiger partial charge on any atom is -0.486 e. The minimum absolute atomic E-state index is 0.0764. The van der Waals surface area contributed by atoms with Gasteiger partial charge in [-0.3, -0.25) is 0 Å². The summed E-state index contributed by atoms with van der Waals surface area (Å²) in [6.45, 7) is 1.87. The average Bonchev–Trinajstić information content (AvgIpc) is 2.89. The third-order valence-corrected chi connectivity index (χ3v) is 3.41. The molecule has 0 saturated carbocycles. The summed E-state index contributed by atoms with van der Waals surface area (Å²) in [5, 5.41) is 4.13. The molecule has 25 heavy (non-hydrogen) atoms. The number of aryl methyl sites for hydroxylation is 1. The van der Waals surface area contributed by atoms with Crippen LogP contribution in [0.25, 0.3) is 0 Å². The Morgan fingerprint density at radius 3 is 2.76 bits per heavy atom. The number of hydrogen-bond donors (Lipinski definition) is 1. The predicted molar refractivity (Wildman–Crippen MR) is 91.5 cm³/mol. The molecule has 0 aliphatic rings. The van der Waals surface area contributed by atoms with Gasteiger partial charge in [-0.25, -0.2) is 18.4 Å². The molecule has 7 heteroatoms. The van der Waals surface area contributed by atoms with E-state index in [2.05, 4.69) is 10.1 Å². The van der Waals surface area contributed by atoms with Crippen LogP contribution in [0.3, 0.4) is 0 Å². The van der Waals surface area contributed by atoms with Gasteiger partial charge in [-0.15, -0.1) is 0 Å². The van der Waals surface area contributed by atoms with E-state index >= 15 is 0 Å². The molecule has 1 aromatic heterocycles. The van der Waals surface area contributed by atoms with E-state index < -0.39 is 5.82 Å². The van der Waals surface area contributed by atoms with E-state index in [-0.39, 0.29) is 24.1 Å². The lowest BCUT2D eigenvalue weighted by Crippen LogP contribution is -1.99. The van der Waals surface area contributed by atoms with Crippen LogP contribution >= 0.6 is 0 Å². The number of nitrogens with two attached hydrogens (primary N) is 1. The number of aromatic nitrogens is 2. The summed E-state index contributed by atoms with van der Waals surface area (Å²) < 4.78 is 34.1. The number of nitrogens with zero attached hydrogens (tertiary/aromatic N) is 3. The molecule has 1 heterocycles. The smallest absolute Gasteiger partial charge is 0.221 e. The first kappa shape index (κ1) is 16.6. The van der Waals surface area contributed by atoms with Crippen molar-refractivity contribution in [1.29, 1.82) is 0 Å². The molecular formula is C18H16F2N4O. The Labute approximate surface area is 143 Å². The number of hydrogen-bond acceptors (Lipinski definition) is 4. The minimum atomic E-state index is -0.532. The van der Waals surface area contributed by atoms with Gasteiger partial charge in [-0.05, 0) is 48.4 Å². The second kappa shape index (κ2) is 7.12. The van der Waals surface area contributed by atoms with Gasteiger partial charge in [0.1, 0.15) is 12.4 Å². The molecule has 2 N–H and O–H groups in total. The third-order valence-electron chi connectivity index (χ3n) is 3.41. The van der Waals surface area contributed by atoms with Gasteiger partial charge in [0.15, 0.2) is 11.6 Å². The Bertz CT molecular complexity index is 921. The lowest BCUT2D eigenvalue weighted by molar-refractivity contribution is 0.290. The maximum Gasteiger partial charge on any atom is 0.221 e. The third kappa shape index (κ3) is 4.20. The molecular weight excluding hydrogens is 326 g/mol. The lowest BCUT2D eigenvalue weighted by atomic mass is 10.2. The van der Waals surface area contributed by atoms with Crippen molar-refractivity contribution in [2.24, 2.45) is 5.10 Å². The van der Waals surface area contributed by atoms with E-state index in [1.54, 1.807) is 31.3 Å². The number of imidazole rings is 1. The number of nitrogen functional groups attached to an aromatic ring is 1. The summed E-state index contributed by atoms with van der Waals surface area (Å²) in [4.78, 5) is 4.02. The van der Waals surface area contributed by atoms with Gasteiger partial charge in [-0.1, -0.05) is 12.1 Å². The number of ether oxygens (including phenoxy) is 1. The monoisotopic (exact) mass is 342 g/mol. The Kier molecular flexibility index (Phi) is 4.74. The van der Waals surface area contributed by atoms with Gasteiger partial charge >= 0.3 is 0 Å². The van der Waals surface area contributed by atoms with Crippen LogP contribution in [-0.2, 0) is 6.61 Å². The van der Waals surface area contributed by atoms with E-state index in [0.29, 0.717) is 11.1 Å². The predicted octanol–water partition coefficient (Wildman–Crippen LogP) is 3.51. The Balaban J connectivity index is 1.69. The van der Waals surface area contributed by atoms with Crippen molar-refractivity contribution >= 4 is 12.2 Å². The average molecular weight is 342 g/mol. The first-order valence-corrected chi connectivity index (χ1v) is 7.54. The molecule has 0 fully saturated rings. The van der Waals surface area contributed by atoms with Gasteiger partial charge in [-0.2, -0.15) is 5.10 Å². The van der Waals surface area contributed by atoms with E-state index in [1.807, 2.05) is 0 Å². The standard InChI is InChI=1S/C18H16F2N4O/c1-12-10-24(18(21)23-12)22-9-13-5-6-17(16(20)8-13)25-11-14-3-2-4-15(19)7-14/h2-10H,11H2,1H3,(H2,21,23). The summed E-state index contributed by atoms with van der Waals surface area (Å²) in [5.41, 5.74) is 7.58. The number of rotatable bonds is 5. The van der Waals surface area contributed by atoms with E-state index in [9.17, 15) is 8.78 Å². The maximum atomic E-state index is 14.1. The molecule has 0 unspecified atom stereocenters. The fraction of sp³-hybridized carbons (Fsp3) is 0.111. The topological polar surface area (TPSA) is 65.4 Å². The summed E-state index contributed by atoms with van der Waals surface area (Å²) in [7, 11) is 0. The van der Waals surface area contributed by atoms with Gasteiger partial charge < -0.3 is 10.5 Å². The van der Waals surface area contributed by atoms with Crippen LogP contribution in [-0.4, -0.2) is 15.9 Å². The number of benzene rings is 2. The van der Waals surface area contributed by atoms with Crippen molar-refractivity contribution in [2.45, 2.75) is 13.5 Å². The van der Waals surface area contributed by atoms with Gasteiger partial charge in [0.05, 0.1) is 18.1 Å². The summed E-state index contributed by atoms with van der Waals surface area (Å²) in [6.07, 6.45) is 3.13. The van der Waals surface area contributed by atoms with E-state index in [0.717, 1.165) is 5.69 Å². The summed E-state index contributed by atoms with van der Waals surface area (Å²) in [6, 6.07) is 10.4. The molecule has 2 aromatic carbocycles. The van der Waals surface area contributed by atoms with E-state index in [1.165, 1.54) is 35.2 Å². The molecule has 3 aromatic rings. The SMILES string of the molecule is Cc1cn(N=Cc2ccc(OCc3cccc(F)c3)c(F)c2)c(N)n1. The highest BCUT2D eigenvalue weighted by Gasteiger charge is 2.05. The number of halogens is 2. The largest absolute Gasteiger partial charge is 0.486 e. The molecule has 0 bridgehead atoms. The highest BCUT2D eigenvalue weighted by molar-refractivity contribution is 5.79. The van der Waals surface area contributed by atoms with Gasteiger partial charge in [0, 0.05) is 0 Å². The van der Waals surface area contributed by atoms with Crippen LogP contribution < -0.4 is 10.5 Å². The molecule has 0 aliphatic carbocycles.